The van der Waals surface area contributed by atoms with E-state index < -0.39 is 0 Å². The number of aromatic nitrogens is 2. The van der Waals surface area contributed by atoms with Gasteiger partial charge in [-0.05, 0) is 19.1 Å². The quantitative estimate of drug-likeness (QED) is 0.730. The third-order valence-electron chi connectivity index (χ3n) is 2.32. The van der Waals surface area contributed by atoms with Gasteiger partial charge >= 0.3 is 0 Å². The Morgan fingerprint density at radius 3 is 2.60 bits per heavy atom. The number of hydrogen-bond acceptors (Lipinski definition) is 2. The highest BCUT2D eigenvalue weighted by Gasteiger charge is 2.15. The van der Waals surface area contributed by atoms with E-state index in [1.165, 1.54) is 0 Å². The molecule has 0 aliphatic carbocycles. The fraction of sp³-hybridized carbons (Fsp3) is 0.364. The zero-order valence-electron chi connectivity index (χ0n) is 9.11. The monoisotopic (exact) mass is 223 g/mol. The number of fused-ring (bicyclic) bond motifs is 1. The molecule has 0 saturated heterocycles. The minimum Gasteiger partial charge on any atom is -0.317 e. The number of para-hydroxylation sites is 2. The molecule has 0 spiro atoms. The summed E-state index contributed by atoms with van der Waals surface area (Å²) >= 11 is 6.11. The number of nitrogens with zero attached hydrogens (tertiary/aromatic N) is 3. The summed E-state index contributed by atoms with van der Waals surface area (Å²) in [5, 5.41) is 1.89. The van der Waals surface area contributed by atoms with Crippen LogP contribution in [0.2, 0.25) is 0 Å². The standard InChI is InChI=1S/C11H14ClN3/c1-8(12)11-13-9-6-4-5-7-10(9)15(11)14(2)3/h4-8H,1-3H3. The third kappa shape index (κ3) is 1.67. The van der Waals surface area contributed by atoms with E-state index in [-0.39, 0.29) is 5.38 Å². The van der Waals surface area contributed by atoms with Crippen LogP contribution in [0, 0.1) is 0 Å². The lowest BCUT2D eigenvalue weighted by Crippen LogP contribution is -2.26. The molecule has 0 radical (unpaired) electrons. The molecular weight excluding hydrogens is 210 g/mol. The van der Waals surface area contributed by atoms with Crippen LogP contribution >= 0.6 is 11.6 Å². The molecule has 0 aliphatic rings. The van der Waals surface area contributed by atoms with Crippen LogP contribution in [-0.2, 0) is 0 Å². The summed E-state index contributed by atoms with van der Waals surface area (Å²) in [5.74, 6) is 0.878. The highest BCUT2D eigenvalue weighted by molar-refractivity contribution is 6.20. The number of rotatable bonds is 2. The van der Waals surface area contributed by atoms with Gasteiger partial charge in [-0.2, -0.15) is 0 Å². The second-order valence-electron chi connectivity index (χ2n) is 3.73. The van der Waals surface area contributed by atoms with Crippen molar-refractivity contribution in [2.45, 2.75) is 12.3 Å². The Labute approximate surface area is 94.2 Å². The van der Waals surface area contributed by atoms with Crippen molar-refractivity contribution in [2.75, 3.05) is 19.1 Å². The van der Waals surface area contributed by atoms with Crippen molar-refractivity contribution in [1.82, 2.24) is 9.66 Å². The van der Waals surface area contributed by atoms with Crippen molar-refractivity contribution in [3.63, 3.8) is 0 Å². The van der Waals surface area contributed by atoms with Crippen LogP contribution in [0.1, 0.15) is 18.1 Å². The molecule has 1 unspecified atom stereocenters. The molecule has 2 rings (SSSR count). The Balaban J connectivity index is 2.75. The van der Waals surface area contributed by atoms with Crippen LogP contribution in [0.25, 0.3) is 11.0 Å². The van der Waals surface area contributed by atoms with Gasteiger partial charge in [0.1, 0.15) is 5.82 Å². The molecule has 0 bridgehead atoms. The van der Waals surface area contributed by atoms with Gasteiger partial charge in [0, 0.05) is 14.1 Å². The molecule has 0 fully saturated rings. The molecule has 2 aromatic rings. The maximum absolute atomic E-state index is 6.11. The summed E-state index contributed by atoms with van der Waals surface area (Å²) in [7, 11) is 3.97. The smallest absolute Gasteiger partial charge is 0.146 e. The predicted octanol–water partition coefficient (Wildman–Crippen LogP) is 2.53. The average molecular weight is 224 g/mol. The fourth-order valence-electron chi connectivity index (χ4n) is 1.71. The number of alkyl halides is 1. The molecule has 0 amide bonds. The highest BCUT2D eigenvalue weighted by atomic mass is 35.5. The van der Waals surface area contributed by atoms with Crippen molar-refractivity contribution in [1.29, 1.82) is 0 Å². The van der Waals surface area contributed by atoms with Crippen molar-refractivity contribution < 1.29 is 0 Å². The van der Waals surface area contributed by atoms with Crippen LogP contribution < -0.4 is 5.01 Å². The summed E-state index contributed by atoms with van der Waals surface area (Å²) in [6.07, 6.45) is 0. The number of hydrogen-bond donors (Lipinski definition) is 0. The Morgan fingerprint density at radius 1 is 1.33 bits per heavy atom. The van der Waals surface area contributed by atoms with Gasteiger partial charge in [0.25, 0.3) is 0 Å². The first-order valence-electron chi connectivity index (χ1n) is 4.90. The Morgan fingerprint density at radius 2 is 2.00 bits per heavy atom. The normalized spacial score (nSPS) is 13.1. The minimum atomic E-state index is -0.0974. The zero-order chi connectivity index (χ0) is 11.0. The van der Waals surface area contributed by atoms with Gasteiger partial charge in [-0.1, -0.05) is 12.1 Å². The number of imidazole rings is 1. The molecule has 3 nitrogen and oxygen atoms in total. The largest absolute Gasteiger partial charge is 0.317 e. The molecule has 0 saturated carbocycles. The summed E-state index contributed by atoms with van der Waals surface area (Å²) in [4.78, 5) is 4.52. The summed E-state index contributed by atoms with van der Waals surface area (Å²) in [5.41, 5.74) is 2.07. The van der Waals surface area contributed by atoms with Crippen LogP contribution in [-0.4, -0.2) is 23.8 Å². The predicted molar refractivity (Wildman–Crippen MR) is 64.1 cm³/mol. The van der Waals surface area contributed by atoms with Gasteiger partial charge in [-0.15, -0.1) is 11.6 Å². The average Bonchev–Trinajstić information content (AvgIpc) is 2.56. The van der Waals surface area contributed by atoms with E-state index in [0.717, 1.165) is 16.9 Å². The van der Waals surface area contributed by atoms with E-state index in [4.69, 9.17) is 11.6 Å². The van der Waals surface area contributed by atoms with Gasteiger partial charge < -0.3 is 5.01 Å². The van der Waals surface area contributed by atoms with Gasteiger partial charge in [-0.3, -0.25) is 0 Å². The first-order valence-corrected chi connectivity index (χ1v) is 5.34. The first kappa shape index (κ1) is 10.3. The van der Waals surface area contributed by atoms with E-state index in [2.05, 4.69) is 4.98 Å². The lowest BCUT2D eigenvalue weighted by atomic mass is 10.3. The molecule has 15 heavy (non-hydrogen) atoms. The topological polar surface area (TPSA) is 21.1 Å². The van der Waals surface area contributed by atoms with Crippen molar-refractivity contribution >= 4 is 22.6 Å². The minimum absolute atomic E-state index is 0.0974. The molecule has 0 aliphatic heterocycles. The van der Waals surface area contributed by atoms with E-state index in [9.17, 15) is 0 Å². The number of benzene rings is 1. The van der Waals surface area contributed by atoms with Crippen LogP contribution in [0.5, 0.6) is 0 Å². The van der Waals surface area contributed by atoms with Crippen LogP contribution in [0.3, 0.4) is 0 Å². The molecular formula is C11H14ClN3. The first-order chi connectivity index (χ1) is 7.11. The molecule has 1 aromatic heterocycles. The van der Waals surface area contributed by atoms with Crippen LogP contribution in [0.15, 0.2) is 24.3 Å². The Hall–Kier alpha value is -1.22. The van der Waals surface area contributed by atoms with Gasteiger partial charge in [0.15, 0.2) is 0 Å². The third-order valence-corrected chi connectivity index (χ3v) is 2.51. The molecule has 80 valence electrons. The van der Waals surface area contributed by atoms with Gasteiger partial charge in [0.05, 0.1) is 16.4 Å². The SMILES string of the molecule is CC(Cl)c1nc2ccccc2n1N(C)C. The maximum Gasteiger partial charge on any atom is 0.146 e. The highest BCUT2D eigenvalue weighted by Crippen LogP contribution is 2.23. The number of halogens is 1. The molecule has 1 aromatic carbocycles. The Bertz CT molecular complexity index is 474. The van der Waals surface area contributed by atoms with E-state index in [1.54, 1.807) is 0 Å². The molecule has 4 heteroatoms. The summed E-state index contributed by atoms with van der Waals surface area (Å²) in [6, 6.07) is 8.04. The van der Waals surface area contributed by atoms with Crippen molar-refractivity contribution in [2.24, 2.45) is 0 Å². The van der Waals surface area contributed by atoms with Crippen LogP contribution in [0.4, 0.5) is 0 Å². The lowest BCUT2D eigenvalue weighted by molar-refractivity contribution is 0.694. The van der Waals surface area contributed by atoms with E-state index in [1.807, 2.05) is 55.0 Å². The van der Waals surface area contributed by atoms with E-state index >= 15 is 0 Å². The van der Waals surface area contributed by atoms with E-state index in [0.29, 0.717) is 0 Å². The lowest BCUT2D eigenvalue weighted by Gasteiger charge is -2.18. The summed E-state index contributed by atoms with van der Waals surface area (Å²) < 4.78 is 2.03. The Kier molecular flexibility index (Phi) is 2.57. The molecule has 0 N–H and O–H groups in total. The van der Waals surface area contributed by atoms with Crippen molar-refractivity contribution in [3.8, 4) is 0 Å². The molecule has 1 atom stereocenters. The van der Waals surface area contributed by atoms with Crippen molar-refractivity contribution in [3.05, 3.63) is 30.1 Å². The van der Waals surface area contributed by atoms with Gasteiger partial charge in [-0.25, -0.2) is 9.66 Å². The molecule has 1 heterocycles. The summed E-state index contributed by atoms with van der Waals surface area (Å²) in [6.45, 7) is 1.93. The maximum atomic E-state index is 6.11. The fourth-order valence-corrected chi connectivity index (χ4v) is 1.85. The second-order valence-corrected chi connectivity index (χ2v) is 4.39. The zero-order valence-corrected chi connectivity index (χ0v) is 9.86. The second kappa shape index (κ2) is 3.74. The van der Waals surface area contributed by atoms with Gasteiger partial charge in [0.2, 0.25) is 0 Å².